The van der Waals surface area contributed by atoms with E-state index in [0.29, 0.717) is 0 Å². The quantitative estimate of drug-likeness (QED) is 0.863. The van der Waals surface area contributed by atoms with Crippen molar-refractivity contribution in [2.24, 2.45) is 0 Å². The van der Waals surface area contributed by atoms with Gasteiger partial charge in [-0.15, -0.1) is 11.3 Å². The van der Waals surface area contributed by atoms with E-state index in [2.05, 4.69) is 33.7 Å². The van der Waals surface area contributed by atoms with E-state index in [4.69, 9.17) is 0 Å². The molecule has 2 aromatic heterocycles. The van der Waals surface area contributed by atoms with Crippen LogP contribution < -0.4 is 0 Å². The van der Waals surface area contributed by atoms with Gasteiger partial charge in [0.2, 0.25) is 5.91 Å². The summed E-state index contributed by atoms with van der Waals surface area (Å²) in [6, 6.07) is 4.00. The molecule has 0 radical (unpaired) electrons. The first-order valence-electron chi connectivity index (χ1n) is 8.12. The summed E-state index contributed by atoms with van der Waals surface area (Å²) in [7, 11) is 0. The zero-order chi connectivity index (χ0) is 16.1. The number of amides is 1. The Morgan fingerprint density at radius 2 is 2.35 bits per heavy atom. The normalized spacial score (nSPS) is 20.6. The number of carbonyl (C=O) groups excluding carboxylic acids is 1. The van der Waals surface area contributed by atoms with Crippen molar-refractivity contribution in [1.82, 2.24) is 19.7 Å². The van der Waals surface area contributed by atoms with E-state index in [1.54, 1.807) is 22.3 Å². The Morgan fingerprint density at radius 1 is 1.43 bits per heavy atom. The molecule has 1 amide bonds. The van der Waals surface area contributed by atoms with Crippen LogP contribution in [-0.4, -0.2) is 38.2 Å². The Morgan fingerprint density at radius 3 is 3.09 bits per heavy atom. The second-order valence-corrected chi connectivity index (χ2v) is 6.85. The molecule has 5 nitrogen and oxygen atoms in total. The fraction of sp³-hybridized carbons (Fsp3) is 0.471. The van der Waals surface area contributed by atoms with Gasteiger partial charge >= 0.3 is 0 Å². The molecule has 3 rings (SSSR count). The summed E-state index contributed by atoms with van der Waals surface area (Å²) < 4.78 is 1.63. The fourth-order valence-electron chi connectivity index (χ4n) is 2.97. The van der Waals surface area contributed by atoms with E-state index in [0.717, 1.165) is 19.4 Å². The monoisotopic (exact) mass is 330 g/mol. The Hall–Kier alpha value is -1.95. The van der Waals surface area contributed by atoms with Crippen LogP contribution >= 0.6 is 11.3 Å². The van der Waals surface area contributed by atoms with Crippen LogP contribution in [-0.2, 0) is 4.79 Å². The minimum Gasteiger partial charge on any atom is -0.334 e. The molecule has 0 aliphatic carbocycles. The number of nitrogens with zero attached hydrogens (tertiary/aromatic N) is 4. The van der Waals surface area contributed by atoms with Crippen LogP contribution in [0.4, 0.5) is 0 Å². The second kappa shape index (κ2) is 7.55. The van der Waals surface area contributed by atoms with Crippen molar-refractivity contribution in [2.75, 3.05) is 6.54 Å². The Balaban J connectivity index is 1.76. The lowest BCUT2D eigenvalue weighted by molar-refractivity contribution is -0.136. The first-order chi connectivity index (χ1) is 11.3. The third-order valence-electron chi connectivity index (χ3n) is 4.30. The van der Waals surface area contributed by atoms with Crippen LogP contribution in [0.5, 0.6) is 0 Å². The van der Waals surface area contributed by atoms with Gasteiger partial charge in [-0.3, -0.25) is 4.79 Å². The lowest BCUT2D eigenvalue weighted by Crippen LogP contribution is -2.42. The summed E-state index contributed by atoms with van der Waals surface area (Å²) in [4.78, 5) is 20.1. The number of likely N-dealkylation sites (tertiary alicyclic amines) is 1. The maximum atomic E-state index is 12.9. The smallest absolute Gasteiger partial charge is 0.247 e. The lowest BCUT2D eigenvalue weighted by atomic mass is 10.1. The highest BCUT2D eigenvalue weighted by Crippen LogP contribution is 2.22. The van der Waals surface area contributed by atoms with Gasteiger partial charge in [0.25, 0.3) is 0 Å². The predicted octanol–water partition coefficient (Wildman–Crippen LogP) is 3.39. The highest BCUT2D eigenvalue weighted by atomic mass is 32.1. The van der Waals surface area contributed by atoms with E-state index in [-0.39, 0.29) is 18.0 Å². The number of rotatable bonds is 4. The van der Waals surface area contributed by atoms with Gasteiger partial charge in [0.15, 0.2) is 0 Å². The molecule has 0 aromatic carbocycles. The molecule has 23 heavy (non-hydrogen) atoms. The first kappa shape index (κ1) is 15.9. The molecule has 1 aliphatic heterocycles. The lowest BCUT2D eigenvalue weighted by Gasteiger charge is -2.30. The average molecular weight is 330 g/mol. The third-order valence-corrected chi connectivity index (χ3v) is 5.14. The summed E-state index contributed by atoms with van der Waals surface area (Å²) in [5.41, 5.74) is 0. The van der Waals surface area contributed by atoms with E-state index in [1.807, 2.05) is 17.9 Å². The average Bonchev–Trinajstić information content (AvgIpc) is 3.22. The number of hydrogen-bond donors (Lipinski definition) is 0. The molecule has 3 heterocycles. The van der Waals surface area contributed by atoms with Gasteiger partial charge in [0.05, 0.1) is 6.04 Å². The topological polar surface area (TPSA) is 51.0 Å². The molecule has 0 N–H and O–H groups in total. The number of aromatic nitrogens is 3. The highest BCUT2D eigenvalue weighted by Gasteiger charge is 2.28. The van der Waals surface area contributed by atoms with Crippen molar-refractivity contribution in [3.63, 3.8) is 0 Å². The van der Waals surface area contributed by atoms with Gasteiger partial charge in [-0.25, -0.2) is 9.67 Å². The van der Waals surface area contributed by atoms with Gasteiger partial charge in [-0.05, 0) is 37.3 Å². The number of carbonyl (C=O) groups is 1. The van der Waals surface area contributed by atoms with Crippen LogP contribution in [0.25, 0.3) is 6.08 Å². The largest absolute Gasteiger partial charge is 0.334 e. The van der Waals surface area contributed by atoms with Crippen molar-refractivity contribution >= 4 is 23.3 Å². The van der Waals surface area contributed by atoms with Crippen LogP contribution in [0.2, 0.25) is 0 Å². The zero-order valence-corrected chi connectivity index (χ0v) is 14.2. The molecule has 1 saturated heterocycles. The van der Waals surface area contributed by atoms with E-state index < -0.39 is 0 Å². The molecule has 122 valence electrons. The van der Waals surface area contributed by atoms with Crippen molar-refractivity contribution in [3.8, 4) is 0 Å². The van der Waals surface area contributed by atoms with Crippen molar-refractivity contribution < 1.29 is 4.79 Å². The maximum Gasteiger partial charge on any atom is 0.247 e. The van der Waals surface area contributed by atoms with E-state index in [9.17, 15) is 4.79 Å². The maximum absolute atomic E-state index is 12.9. The van der Waals surface area contributed by atoms with Crippen LogP contribution in [0.1, 0.15) is 43.5 Å². The summed E-state index contributed by atoms with van der Waals surface area (Å²) in [6.07, 6.45) is 11.9. The van der Waals surface area contributed by atoms with Crippen LogP contribution in [0, 0.1) is 0 Å². The van der Waals surface area contributed by atoms with Crippen molar-refractivity contribution in [3.05, 3.63) is 41.1 Å². The molecule has 2 atom stereocenters. The number of thiophene rings is 1. The van der Waals surface area contributed by atoms with E-state index in [1.165, 1.54) is 24.0 Å². The Kier molecular flexibility index (Phi) is 5.23. The molecule has 0 bridgehead atoms. The molecule has 1 aliphatic rings. The first-order valence-corrected chi connectivity index (χ1v) is 9.00. The molecule has 0 unspecified atom stereocenters. The van der Waals surface area contributed by atoms with Crippen LogP contribution in [0.3, 0.4) is 0 Å². The summed E-state index contributed by atoms with van der Waals surface area (Å²) >= 11 is 1.72. The SMILES string of the molecule is C[C@H](C(=O)N1CCCCC[C@H]1/C=C\c1cccs1)n1cncn1. The zero-order valence-electron chi connectivity index (χ0n) is 13.3. The van der Waals surface area contributed by atoms with E-state index >= 15 is 0 Å². The standard InChI is InChI=1S/C17H22N4OS/c1-14(21-13-18-12-19-21)17(22)20-10-4-2-3-6-15(20)8-9-16-7-5-11-23-16/h5,7-9,11-15H,2-4,6,10H2,1H3/b9-8-/t14-,15+/m1/s1. The third kappa shape index (κ3) is 3.88. The second-order valence-electron chi connectivity index (χ2n) is 5.87. The minimum absolute atomic E-state index is 0.123. The molecule has 6 heteroatoms. The van der Waals surface area contributed by atoms with Gasteiger partial charge in [0.1, 0.15) is 18.7 Å². The molecular formula is C17H22N4OS. The van der Waals surface area contributed by atoms with Gasteiger partial charge in [0, 0.05) is 11.4 Å². The van der Waals surface area contributed by atoms with Gasteiger partial charge in [-0.1, -0.05) is 25.0 Å². The van der Waals surface area contributed by atoms with Gasteiger partial charge < -0.3 is 4.90 Å². The Labute approximate surface area is 140 Å². The summed E-state index contributed by atoms with van der Waals surface area (Å²) in [5.74, 6) is 0.123. The summed E-state index contributed by atoms with van der Waals surface area (Å²) in [5, 5.41) is 6.18. The molecule has 0 spiro atoms. The fourth-order valence-corrected chi connectivity index (χ4v) is 3.60. The highest BCUT2D eigenvalue weighted by molar-refractivity contribution is 7.10. The Bertz CT molecular complexity index is 636. The molecular weight excluding hydrogens is 308 g/mol. The molecule has 0 saturated carbocycles. The van der Waals surface area contributed by atoms with Crippen LogP contribution in [0.15, 0.2) is 36.2 Å². The van der Waals surface area contributed by atoms with Gasteiger partial charge in [-0.2, -0.15) is 5.10 Å². The summed E-state index contributed by atoms with van der Waals surface area (Å²) in [6.45, 7) is 2.71. The van der Waals surface area contributed by atoms with Crippen molar-refractivity contribution in [2.45, 2.75) is 44.7 Å². The predicted molar refractivity (Wildman–Crippen MR) is 92.1 cm³/mol. The molecule has 2 aromatic rings. The number of hydrogen-bond acceptors (Lipinski definition) is 4. The molecule has 1 fully saturated rings. The van der Waals surface area contributed by atoms with Crippen molar-refractivity contribution in [1.29, 1.82) is 0 Å². The minimum atomic E-state index is -0.312.